The van der Waals surface area contributed by atoms with Crippen LogP contribution < -0.4 is 10.5 Å². The number of aliphatic hydroxyl groups is 2. The van der Waals surface area contributed by atoms with E-state index in [1.165, 1.54) is 10.9 Å². The van der Waals surface area contributed by atoms with Gasteiger partial charge in [-0.2, -0.15) is 0 Å². The van der Waals surface area contributed by atoms with Crippen LogP contribution in [0.2, 0.25) is 0 Å². The molecule has 4 N–H and O–H groups in total. The van der Waals surface area contributed by atoms with E-state index in [-0.39, 0.29) is 35.1 Å². The number of hydrogen-bond donors (Lipinski definition) is 3. The van der Waals surface area contributed by atoms with Crippen molar-refractivity contribution in [2.45, 2.75) is 63.1 Å². The second kappa shape index (κ2) is 12.5. The number of imidazole rings is 1. The summed E-state index contributed by atoms with van der Waals surface area (Å²) in [5.74, 6) is 7.26. The minimum absolute atomic E-state index is 0.117. The Balaban J connectivity index is 1.08. The van der Waals surface area contributed by atoms with E-state index in [1.807, 2.05) is 12.1 Å². The molecule has 1 amide bonds. The summed E-state index contributed by atoms with van der Waals surface area (Å²) < 4.78 is 14.4. The lowest BCUT2D eigenvalue weighted by molar-refractivity contribution is -0.135. The molecule has 43 heavy (non-hydrogen) atoms. The van der Waals surface area contributed by atoms with E-state index in [2.05, 4.69) is 58.7 Å². The van der Waals surface area contributed by atoms with Gasteiger partial charge in [-0.05, 0) is 77.6 Å². The largest absolute Gasteiger partial charge is 0.415 e. The number of ketones is 1. The topological polar surface area (TPSA) is 166 Å². The SMILES string of the molecule is Nc1nc(C#CCC2CCN(C(=O)Oc3ccc(Br)cc3Br)CC2)nc2c1ncn2[C@@H]1O[C@H](C(=O)CC2CC2)C(O)[C@@H]1O. The van der Waals surface area contributed by atoms with Crippen LogP contribution in [0.15, 0.2) is 33.5 Å². The van der Waals surface area contributed by atoms with Gasteiger partial charge >= 0.3 is 6.09 Å². The first kappa shape index (κ1) is 30.0. The monoisotopic (exact) mass is 716 g/mol. The fourth-order valence-electron chi connectivity index (χ4n) is 5.37. The zero-order valence-corrected chi connectivity index (χ0v) is 26.2. The number of nitrogens with two attached hydrogens (primary N) is 1. The Labute approximate surface area is 264 Å². The lowest BCUT2D eigenvalue weighted by Gasteiger charge is -2.30. The van der Waals surface area contributed by atoms with Crippen LogP contribution in [-0.2, 0) is 9.53 Å². The highest BCUT2D eigenvalue weighted by atomic mass is 79.9. The minimum Gasteiger partial charge on any atom is -0.409 e. The van der Waals surface area contributed by atoms with Crippen molar-refractivity contribution in [1.82, 2.24) is 24.4 Å². The van der Waals surface area contributed by atoms with E-state index in [0.29, 0.717) is 47.6 Å². The molecular formula is C29H30Br2N6O6. The first-order valence-corrected chi connectivity index (χ1v) is 15.7. The number of ether oxygens (including phenoxy) is 2. The molecule has 6 rings (SSSR count). The number of fused-ring (bicyclic) bond motifs is 1. The molecule has 4 heterocycles. The first-order chi connectivity index (χ1) is 20.7. The van der Waals surface area contributed by atoms with E-state index in [1.54, 1.807) is 11.0 Å². The van der Waals surface area contributed by atoms with Crippen molar-refractivity contribution in [1.29, 1.82) is 0 Å². The van der Waals surface area contributed by atoms with Crippen molar-refractivity contribution in [3.8, 4) is 17.6 Å². The predicted octanol–water partition coefficient (Wildman–Crippen LogP) is 3.57. The number of carbonyl (C=O) groups is 2. The Hall–Kier alpha value is -3.09. The van der Waals surface area contributed by atoms with Crippen molar-refractivity contribution < 1.29 is 29.3 Å². The number of rotatable bonds is 6. The number of hydrogen-bond acceptors (Lipinski definition) is 10. The number of carbonyl (C=O) groups excluding carboxylic acids is 2. The number of aliphatic hydroxyl groups excluding tert-OH is 2. The zero-order valence-electron chi connectivity index (χ0n) is 23.0. The van der Waals surface area contributed by atoms with Gasteiger partial charge in [0.15, 0.2) is 23.5 Å². The fraction of sp³-hybridized carbons (Fsp3) is 0.483. The van der Waals surface area contributed by atoms with Crippen molar-refractivity contribution >= 4 is 60.7 Å². The molecule has 1 aliphatic carbocycles. The molecule has 3 aliphatic rings. The van der Waals surface area contributed by atoms with Crippen molar-refractivity contribution in [3.63, 3.8) is 0 Å². The number of aromatic nitrogens is 4. The van der Waals surface area contributed by atoms with Crippen molar-refractivity contribution in [3.05, 3.63) is 39.3 Å². The molecule has 226 valence electrons. The van der Waals surface area contributed by atoms with Crippen LogP contribution in [0.3, 0.4) is 0 Å². The maximum absolute atomic E-state index is 12.6. The van der Waals surface area contributed by atoms with Gasteiger partial charge < -0.3 is 30.3 Å². The summed E-state index contributed by atoms with van der Waals surface area (Å²) in [6.45, 7) is 1.13. The van der Waals surface area contributed by atoms with Gasteiger partial charge in [0.05, 0.1) is 10.8 Å². The third-order valence-corrected chi connectivity index (χ3v) is 9.13. The highest BCUT2D eigenvalue weighted by molar-refractivity contribution is 9.11. The molecule has 0 bridgehead atoms. The molecule has 4 atom stereocenters. The van der Waals surface area contributed by atoms with Crippen LogP contribution in [0.5, 0.6) is 5.75 Å². The van der Waals surface area contributed by atoms with Crippen LogP contribution in [-0.4, -0.2) is 77.9 Å². The Morgan fingerprint density at radius 1 is 1.09 bits per heavy atom. The van der Waals surface area contributed by atoms with E-state index >= 15 is 0 Å². The van der Waals surface area contributed by atoms with Crippen LogP contribution in [0, 0.1) is 23.7 Å². The highest BCUT2D eigenvalue weighted by Crippen LogP contribution is 2.37. The molecule has 3 aromatic rings. The Morgan fingerprint density at radius 3 is 2.58 bits per heavy atom. The number of Topliss-reactive ketones (excluding diaryl/α,β-unsaturated/α-hetero) is 1. The third-order valence-electron chi connectivity index (χ3n) is 8.02. The molecule has 14 heteroatoms. The van der Waals surface area contributed by atoms with Gasteiger partial charge in [0.25, 0.3) is 0 Å². The van der Waals surface area contributed by atoms with Gasteiger partial charge in [0, 0.05) is 30.4 Å². The molecule has 1 aromatic carbocycles. The maximum Gasteiger partial charge on any atom is 0.415 e. The number of halogens is 2. The standard InChI is InChI=1S/C29H30Br2N6O6/c30-17-6-7-20(18(31)13-17)42-29(41)36-10-8-15(9-11-36)2-1-3-21-34-26(32)22-27(35-21)37(14-33-22)28-24(40)23(39)25(43-28)19(38)12-16-4-5-16/h6-7,13-16,23-25,28,39-40H,2,4-5,8-12H2,(H2,32,34,35)/t23?,24-,25+,28+/m0/s1. The molecule has 0 spiro atoms. The highest BCUT2D eigenvalue weighted by Gasteiger charge is 2.48. The summed E-state index contributed by atoms with van der Waals surface area (Å²) in [6.07, 6.45) is 0.574. The average Bonchev–Trinajstić information content (AvgIpc) is 3.62. The second-order valence-corrected chi connectivity index (χ2v) is 12.9. The normalized spacial score (nSPS) is 24.1. The van der Waals surface area contributed by atoms with E-state index in [0.717, 1.165) is 30.2 Å². The van der Waals surface area contributed by atoms with E-state index in [9.17, 15) is 19.8 Å². The molecule has 3 fully saturated rings. The zero-order chi connectivity index (χ0) is 30.2. The van der Waals surface area contributed by atoms with Crippen LogP contribution in [0.1, 0.15) is 50.6 Å². The number of nitrogen functional groups attached to an aromatic ring is 1. The fourth-order valence-corrected chi connectivity index (χ4v) is 6.50. The summed E-state index contributed by atoms with van der Waals surface area (Å²) in [4.78, 5) is 40.0. The summed E-state index contributed by atoms with van der Waals surface area (Å²) in [5.41, 5.74) is 6.73. The van der Waals surface area contributed by atoms with E-state index < -0.39 is 24.5 Å². The molecule has 0 radical (unpaired) electrons. The van der Waals surface area contributed by atoms with Gasteiger partial charge in [-0.25, -0.2) is 19.7 Å². The van der Waals surface area contributed by atoms with Crippen LogP contribution >= 0.6 is 31.9 Å². The molecule has 12 nitrogen and oxygen atoms in total. The Morgan fingerprint density at radius 2 is 1.86 bits per heavy atom. The number of nitrogens with zero attached hydrogens (tertiary/aromatic N) is 5. The lowest BCUT2D eigenvalue weighted by atomic mass is 9.94. The number of amides is 1. The number of anilines is 1. The Bertz CT molecular complexity index is 1610. The van der Waals surface area contributed by atoms with Gasteiger partial charge in [-0.3, -0.25) is 9.36 Å². The van der Waals surface area contributed by atoms with Crippen molar-refractivity contribution in [2.24, 2.45) is 11.8 Å². The van der Waals surface area contributed by atoms with Gasteiger partial charge in [0.2, 0.25) is 5.82 Å². The molecule has 2 aliphatic heterocycles. The summed E-state index contributed by atoms with van der Waals surface area (Å²) >= 11 is 6.80. The summed E-state index contributed by atoms with van der Waals surface area (Å²) in [5, 5.41) is 21.3. The Kier molecular flexibility index (Phi) is 8.70. The molecule has 1 saturated carbocycles. The van der Waals surface area contributed by atoms with Gasteiger partial charge in [-0.15, -0.1) is 0 Å². The minimum atomic E-state index is -1.36. The van der Waals surface area contributed by atoms with Crippen LogP contribution in [0.25, 0.3) is 11.2 Å². The number of piperidine rings is 1. The third kappa shape index (κ3) is 6.56. The number of likely N-dealkylation sites (tertiary alicyclic amines) is 1. The smallest absolute Gasteiger partial charge is 0.409 e. The van der Waals surface area contributed by atoms with Crippen LogP contribution in [0.4, 0.5) is 10.6 Å². The lowest BCUT2D eigenvalue weighted by Crippen LogP contribution is -2.40. The van der Waals surface area contributed by atoms with E-state index in [4.69, 9.17) is 15.2 Å². The van der Waals surface area contributed by atoms with Gasteiger partial charge in [0.1, 0.15) is 29.6 Å². The maximum atomic E-state index is 12.6. The average molecular weight is 718 g/mol. The number of benzene rings is 1. The molecule has 2 saturated heterocycles. The molecule has 1 unspecified atom stereocenters. The van der Waals surface area contributed by atoms with Gasteiger partial charge in [-0.1, -0.05) is 21.9 Å². The second-order valence-electron chi connectivity index (χ2n) is 11.2. The van der Waals surface area contributed by atoms with Crippen molar-refractivity contribution in [2.75, 3.05) is 18.8 Å². The first-order valence-electron chi connectivity index (χ1n) is 14.1. The molecule has 2 aromatic heterocycles. The summed E-state index contributed by atoms with van der Waals surface area (Å²) in [7, 11) is 0. The predicted molar refractivity (Wildman–Crippen MR) is 162 cm³/mol. The quantitative estimate of drug-likeness (QED) is 0.321. The summed E-state index contributed by atoms with van der Waals surface area (Å²) in [6, 6.07) is 5.36. The molecular weight excluding hydrogens is 688 g/mol.